The Balaban J connectivity index is 1.47. The zero-order valence-corrected chi connectivity index (χ0v) is 13.1. The van der Waals surface area contributed by atoms with E-state index in [0.717, 1.165) is 24.1 Å². The lowest BCUT2D eigenvalue weighted by molar-refractivity contribution is 0.0325. The molecule has 1 aliphatic carbocycles. The smallest absolute Gasteiger partial charge is 0.121 e. The second kappa shape index (κ2) is 8.13. The van der Waals surface area contributed by atoms with Crippen molar-refractivity contribution in [2.75, 3.05) is 39.7 Å². The van der Waals surface area contributed by atoms with Crippen LogP contribution in [0.5, 0.6) is 5.75 Å². The van der Waals surface area contributed by atoms with Crippen molar-refractivity contribution in [2.45, 2.75) is 12.8 Å². The molecular formula is C18H22FNO3. The summed E-state index contributed by atoms with van der Waals surface area (Å²) in [7, 11) is 0. The van der Waals surface area contributed by atoms with Crippen LogP contribution < -0.4 is 4.74 Å². The van der Waals surface area contributed by atoms with Crippen LogP contribution in [0.1, 0.15) is 17.7 Å². The predicted octanol–water partition coefficient (Wildman–Crippen LogP) is 3.51. The van der Waals surface area contributed by atoms with Crippen molar-refractivity contribution < 1.29 is 18.6 Å². The van der Waals surface area contributed by atoms with Gasteiger partial charge in [-0.05, 0) is 36.6 Å². The summed E-state index contributed by atoms with van der Waals surface area (Å²) >= 11 is 0. The van der Waals surface area contributed by atoms with Crippen molar-refractivity contribution in [2.24, 2.45) is 0 Å². The summed E-state index contributed by atoms with van der Waals surface area (Å²) in [5, 5.41) is 1.28. The minimum Gasteiger partial charge on any atom is -0.491 e. The van der Waals surface area contributed by atoms with Gasteiger partial charge in [0, 0.05) is 22.7 Å². The molecule has 2 aromatic rings. The Bertz CT molecular complexity index is 666. The molecule has 3 rings (SSSR count). The lowest BCUT2D eigenvalue weighted by Crippen LogP contribution is -2.11. The summed E-state index contributed by atoms with van der Waals surface area (Å²) in [5.74, 6) is 0.831. The first kappa shape index (κ1) is 16.0. The lowest BCUT2D eigenvalue weighted by atomic mass is 10.0. The Labute approximate surface area is 135 Å². The van der Waals surface area contributed by atoms with Gasteiger partial charge in [0.05, 0.1) is 26.4 Å². The number of halogens is 1. The Morgan fingerprint density at radius 2 is 1.87 bits per heavy atom. The predicted molar refractivity (Wildman–Crippen MR) is 88.8 cm³/mol. The van der Waals surface area contributed by atoms with Crippen LogP contribution in [0.25, 0.3) is 17.0 Å². The van der Waals surface area contributed by atoms with Gasteiger partial charge >= 0.3 is 0 Å². The molecule has 0 atom stereocenters. The fraction of sp³-hybridized carbons (Fsp3) is 0.444. The van der Waals surface area contributed by atoms with Crippen LogP contribution in [-0.4, -0.2) is 44.7 Å². The van der Waals surface area contributed by atoms with Crippen LogP contribution in [0.3, 0.4) is 0 Å². The zero-order valence-electron chi connectivity index (χ0n) is 13.1. The number of aromatic amines is 1. The second-order valence-corrected chi connectivity index (χ2v) is 5.43. The highest BCUT2D eigenvalue weighted by Gasteiger charge is 2.12. The molecule has 0 radical (unpaired) electrons. The van der Waals surface area contributed by atoms with E-state index in [4.69, 9.17) is 14.2 Å². The minimum atomic E-state index is -0.455. The number of alkyl halides is 1. The number of nitrogens with one attached hydrogen (secondary N) is 1. The molecule has 0 bridgehead atoms. The molecule has 124 valence electrons. The van der Waals surface area contributed by atoms with E-state index in [1.807, 2.05) is 12.1 Å². The van der Waals surface area contributed by atoms with Crippen LogP contribution >= 0.6 is 0 Å². The number of ether oxygens (including phenoxy) is 3. The van der Waals surface area contributed by atoms with Gasteiger partial charge in [0.15, 0.2) is 0 Å². The summed E-state index contributed by atoms with van der Waals surface area (Å²) in [4.78, 5) is 3.44. The summed E-state index contributed by atoms with van der Waals surface area (Å²) in [6.45, 7) is 1.52. The highest BCUT2D eigenvalue weighted by molar-refractivity contribution is 5.88. The number of H-pyrrole nitrogens is 1. The maximum Gasteiger partial charge on any atom is 0.121 e. The first-order chi connectivity index (χ1) is 11.4. The van der Waals surface area contributed by atoms with Gasteiger partial charge in [-0.15, -0.1) is 0 Å². The fourth-order valence-corrected chi connectivity index (χ4v) is 2.78. The summed E-state index contributed by atoms with van der Waals surface area (Å²) in [5.41, 5.74) is 3.71. The van der Waals surface area contributed by atoms with Crippen molar-refractivity contribution in [1.82, 2.24) is 4.98 Å². The van der Waals surface area contributed by atoms with Crippen LogP contribution in [0.2, 0.25) is 0 Å². The van der Waals surface area contributed by atoms with Crippen molar-refractivity contribution in [3.05, 3.63) is 35.5 Å². The van der Waals surface area contributed by atoms with Crippen molar-refractivity contribution >= 4 is 17.0 Å². The van der Waals surface area contributed by atoms with Gasteiger partial charge in [-0.3, -0.25) is 0 Å². The van der Waals surface area contributed by atoms with E-state index >= 15 is 0 Å². The molecule has 0 saturated heterocycles. The van der Waals surface area contributed by atoms with E-state index in [-0.39, 0.29) is 6.61 Å². The van der Waals surface area contributed by atoms with E-state index in [1.54, 1.807) is 0 Å². The molecule has 0 unspecified atom stereocenters. The first-order valence-corrected chi connectivity index (χ1v) is 8.04. The average Bonchev–Trinajstić information content (AvgIpc) is 2.95. The van der Waals surface area contributed by atoms with Gasteiger partial charge in [-0.25, -0.2) is 4.39 Å². The maximum absolute atomic E-state index is 11.8. The number of aromatic nitrogens is 1. The molecule has 1 aromatic carbocycles. The van der Waals surface area contributed by atoms with Crippen molar-refractivity contribution in [3.8, 4) is 5.75 Å². The lowest BCUT2D eigenvalue weighted by Gasteiger charge is -2.08. The summed E-state index contributed by atoms with van der Waals surface area (Å²) < 4.78 is 27.9. The fourth-order valence-electron chi connectivity index (χ4n) is 2.78. The molecule has 0 fully saturated rings. The topological polar surface area (TPSA) is 43.5 Å². The minimum absolute atomic E-state index is 0.134. The van der Waals surface area contributed by atoms with E-state index in [0.29, 0.717) is 26.4 Å². The van der Waals surface area contributed by atoms with E-state index in [1.165, 1.54) is 16.6 Å². The molecule has 1 aliphatic rings. The Kier molecular flexibility index (Phi) is 5.66. The van der Waals surface area contributed by atoms with Gasteiger partial charge in [-0.2, -0.15) is 0 Å². The molecule has 23 heavy (non-hydrogen) atoms. The third-order valence-electron chi connectivity index (χ3n) is 3.85. The molecule has 0 spiro atoms. The number of rotatable bonds is 9. The molecule has 1 aromatic heterocycles. The monoisotopic (exact) mass is 319 g/mol. The molecule has 0 amide bonds. The highest BCUT2D eigenvalue weighted by Crippen LogP contribution is 2.30. The Hall–Kier alpha value is -1.85. The normalized spacial score (nSPS) is 13.4. The molecular weight excluding hydrogens is 297 g/mol. The largest absolute Gasteiger partial charge is 0.491 e. The standard InChI is InChI=1S/C18H22FNO3/c19-7-8-21-9-10-22-11-12-23-14-5-6-16-15-3-1-2-4-17(15)20-18(16)13-14/h2,4-6,13,20H,1,3,7-12H2. The molecule has 0 aliphatic heterocycles. The zero-order chi connectivity index (χ0) is 15.9. The molecule has 1 N–H and O–H groups in total. The molecule has 1 heterocycles. The Morgan fingerprint density at radius 3 is 2.74 bits per heavy atom. The van der Waals surface area contributed by atoms with Crippen LogP contribution in [-0.2, 0) is 15.9 Å². The van der Waals surface area contributed by atoms with Crippen molar-refractivity contribution in [1.29, 1.82) is 0 Å². The Morgan fingerprint density at radius 1 is 1.04 bits per heavy atom. The second-order valence-electron chi connectivity index (χ2n) is 5.43. The average molecular weight is 319 g/mol. The van der Waals surface area contributed by atoms with E-state index in [2.05, 4.69) is 23.2 Å². The number of aryl methyl sites for hydroxylation is 1. The van der Waals surface area contributed by atoms with Gasteiger partial charge in [0.1, 0.15) is 19.0 Å². The van der Waals surface area contributed by atoms with Crippen molar-refractivity contribution in [3.63, 3.8) is 0 Å². The van der Waals surface area contributed by atoms with E-state index < -0.39 is 6.67 Å². The molecule has 4 nitrogen and oxygen atoms in total. The first-order valence-electron chi connectivity index (χ1n) is 8.04. The number of allylic oxidation sites excluding steroid dienone is 1. The van der Waals surface area contributed by atoms with Gasteiger partial charge in [-0.1, -0.05) is 6.08 Å². The number of hydrogen-bond acceptors (Lipinski definition) is 3. The van der Waals surface area contributed by atoms with Crippen LogP contribution in [0.4, 0.5) is 4.39 Å². The third-order valence-corrected chi connectivity index (χ3v) is 3.85. The number of fused-ring (bicyclic) bond motifs is 3. The van der Waals surface area contributed by atoms with Crippen LogP contribution in [0.15, 0.2) is 24.3 Å². The quantitative estimate of drug-likeness (QED) is 0.719. The number of benzene rings is 1. The highest BCUT2D eigenvalue weighted by atomic mass is 19.1. The van der Waals surface area contributed by atoms with Gasteiger partial charge in [0.2, 0.25) is 0 Å². The SMILES string of the molecule is FCCOCCOCCOc1ccc2c3c([nH]c2c1)C=CCC3. The summed E-state index contributed by atoms with van der Waals surface area (Å²) in [6.07, 6.45) is 6.54. The maximum atomic E-state index is 11.8. The number of hydrogen-bond donors (Lipinski definition) is 1. The van der Waals surface area contributed by atoms with Crippen LogP contribution in [0, 0.1) is 0 Å². The van der Waals surface area contributed by atoms with Gasteiger partial charge in [0.25, 0.3) is 0 Å². The summed E-state index contributed by atoms with van der Waals surface area (Å²) in [6, 6.07) is 6.15. The third kappa shape index (κ3) is 4.12. The molecule has 5 heteroatoms. The van der Waals surface area contributed by atoms with Gasteiger partial charge < -0.3 is 19.2 Å². The molecule has 0 saturated carbocycles. The van der Waals surface area contributed by atoms with E-state index in [9.17, 15) is 4.39 Å².